The molecule has 0 aliphatic carbocycles. The van der Waals surface area contributed by atoms with Gasteiger partial charge in [0.05, 0.1) is 10.2 Å². The van der Waals surface area contributed by atoms with E-state index in [1.165, 1.54) is 10.3 Å². The Morgan fingerprint density at radius 3 is 2.77 bits per heavy atom. The van der Waals surface area contributed by atoms with Gasteiger partial charge in [0.1, 0.15) is 16.2 Å². The molecule has 6 heteroatoms. The molecule has 0 saturated heterocycles. The van der Waals surface area contributed by atoms with E-state index in [1.54, 1.807) is 23.1 Å². The first-order valence-corrected chi connectivity index (χ1v) is 9.45. The van der Waals surface area contributed by atoms with Crippen LogP contribution in [-0.4, -0.2) is 28.0 Å². The Morgan fingerprint density at radius 2 is 2.05 bits per heavy atom. The van der Waals surface area contributed by atoms with E-state index in [9.17, 15) is 0 Å². The fourth-order valence-electron chi connectivity index (χ4n) is 2.22. The molecule has 1 aliphatic rings. The van der Waals surface area contributed by atoms with Gasteiger partial charge >= 0.3 is 0 Å². The molecule has 0 bridgehead atoms. The average molecular weight is 335 g/mol. The molecule has 0 saturated carbocycles. The second-order valence-electron chi connectivity index (χ2n) is 6.11. The Hall–Kier alpha value is -0.950. The molecule has 2 N–H and O–H groups in total. The van der Waals surface area contributed by atoms with Gasteiger partial charge in [-0.05, 0) is 37.5 Å². The first-order valence-electron chi connectivity index (χ1n) is 7.65. The van der Waals surface area contributed by atoms with E-state index in [0.717, 1.165) is 21.3 Å². The molecule has 3 rings (SSSR count). The van der Waals surface area contributed by atoms with Gasteiger partial charge in [-0.2, -0.15) is 0 Å². The quantitative estimate of drug-likeness (QED) is 0.818. The minimum absolute atomic E-state index is 0.126. The zero-order valence-corrected chi connectivity index (χ0v) is 15.0. The predicted octanol–water partition coefficient (Wildman–Crippen LogP) is 3.74. The van der Waals surface area contributed by atoms with Gasteiger partial charge in [-0.15, -0.1) is 23.1 Å². The maximum Gasteiger partial charge on any atom is 0.149 e. The summed E-state index contributed by atoms with van der Waals surface area (Å²) in [4.78, 5) is 9.48. The first kappa shape index (κ1) is 15.9. The highest BCUT2D eigenvalue weighted by Gasteiger charge is 2.22. The van der Waals surface area contributed by atoms with Crippen LogP contribution in [0, 0.1) is 0 Å². The summed E-state index contributed by atoms with van der Waals surface area (Å²) in [5.74, 6) is 1.49. The van der Waals surface area contributed by atoms with Crippen LogP contribution in [0.3, 0.4) is 0 Å². The maximum absolute atomic E-state index is 4.74. The van der Waals surface area contributed by atoms with Gasteiger partial charge in [0.15, 0.2) is 0 Å². The highest BCUT2D eigenvalue weighted by molar-refractivity contribution is 8.15. The van der Waals surface area contributed by atoms with Crippen LogP contribution >= 0.6 is 23.1 Å². The molecule has 1 aromatic carbocycles. The maximum atomic E-state index is 4.74. The van der Waals surface area contributed by atoms with Gasteiger partial charge in [0.25, 0.3) is 0 Å². The highest BCUT2D eigenvalue weighted by Crippen LogP contribution is 2.30. The largest absolute Gasteiger partial charge is 0.254 e. The van der Waals surface area contributed by atoms with Crippen LogP contribution in [0.2, 0.25) is 0 Å². The van der Waals surface area contributed by atoms with Crippen LogP contribution in [0.15, 0.2) is 23.2 Å². The van der Waals surface area contributed by atoms with Gasteiger partial charge in [0.2, 0.25) is 0 Å². The van der Waals surface area contributed by atoms with Crippen LogP contribution in [0.25, 0.3) is 10.2 Å². The lowest BCUT2D eigenvalue weighted by Crippen LogP contribution is -2.43. The summed E-state index contributed by atoms with van der Waals surface area (Å²) in [6.45, 7) is 8.66. The van der Waals surface area contributed by atoms with E-state index in [-0.39, 0.29) is 6.17 Å². The number of fused-ring (bicyclic) bond motifs is 1. The van der Waals surface area contributed by atoms with E-state index in [2.05, 4.69) is 56.7 Å². The van der Waals surface area contributed by atoms with Gasteiger partial charge in [0, 0.05) is 11.8 Å². The van der Waals surface area contributed by atoms with Crippen molar-refractivity contribution >= 4 is 38.4 Å². The molecule has 0 fully saturated rings. The number of aliphatic imine (C=N–C) groups is 1. The van der Waals surface area contributed by atoms with Crippen LogP contribution < -0.4 is 10.9 Å². The second-order valence-corrected chi connectivity index (χ2v) is 8.14. The number of hydrogen-bond donors (Lipinski definition) is 2. The number of thioether (sulfide) groups is 1. The highest BCUT2D eigenvalue weighted by atomic mass is 32.2. The topological polar surface area (TPSA) is 49.3 Å². The molecule has 118 valence electrons. The van der Waals surface area contributed by atoms with Crippen LogP contribution in [0.5, 0.6) is 0 Å². The van der Waals surface area contributed by atoms with Gasteiger partial charge in [-0.25, -0.2) is 10.4 Å². The Kier molecular flexibility index (Phi) is 4.82. The van der Waals surface area contributed by atoms with Crippen molar-refractivity contribution in [3.05, 3.63) is 28.8 Å². The van der Waals surface area contributed by atoms with Gasteiger partial charge in [-0.3, -0.25) is 10.4 Å². The molecule has 2 heterocycles. The molecule has 2 aromatic rings. The first-order chi connectivity index (χ1) is 10.5. The molecule has 0 radical (unpaired) electrons. The summed E-state index contributed by atoms with van der Waals surface area (Å²) in [6.07, 6.45) is 0.126. The third-order valence-corrected chi connectivity index (χ3v) is 5.66. The van der Waals surface area contributed by atoms with Gasteiger partial charge < -0.3 is 0 Å². The van der Waals surface area contributed by atoms with Crippen molar-refractivity contribution in [3.63, 3.8) is 0 Å². The number of hydrogen-bond acceptors (Lipinski definition) is 6. The number of benzene rings is 1. The minimum atomic E-state index is 0.126. The van der Waals surface area contributed by atoms with E-state index in [4.69, 9.17) is 9.98 Å². The summed E-state index contributed by atoms with van der Waals surface area (Å²) in [5.41, 5.74) is 8.91. The Labute approximate surface area is 139 Å². The zero-order chi connectivity index (χ0) is 15.7. The predicted molar refractivity (Wildman–Crippen MR) is 97.9 cm³/mol. The van der Waals surface area contributed by atoms with Crippen molar-refractivity contribution in [2.45, 2.75) is 45.8 Å². The van der Waals surface area contributed by atoms with Crippen LogP contribution in [0.1, 0.15) is 44.2 Å². The molecule has 22 heavy (non-hydrogen) atoms. The smallest absolute Gasteiger partial charge is 0.149 e. The fraction of sp³-hybridized carbons (Fsp3) is 0.500. The van der Waals surface area contributed by atoms with Crippen LogP contribution in [0.4, 0.5) is 0 Å². The molecular weight excluding hydrogens is 312 g/mol. The third kappa shape index (κ3) is 3.51. The lowest BCUT2D eigenvalue weighted by atomic mass is 10.0. The Morgan fingerprint density at radius 1 is 1.23 bits per heavy atom. The number of hydrazine groups is 1. The molecule has 1 unspecified atom stereocenters. The molecule has 0 spiro atoms. The van der Waals surface area contributed by atoms with Crippen molar-refractivity contribution in [2.75, 3.05) is 5.75 Å². The van der Waals surface area contributed by atoms with Crippen molar-refractivity contribution in [3.8, 4) is 0 Å². The van der Waals surface area contributed by atoms with Gasteiger partial charge in [-0.1, -0.05) is 19.9 Å². The minimum Gasteiger partial charge on any atom is -0.254 e. The van der Waals surface area contributed by atoms with Crippen LogP contribution in [-0.2, 0) is 0 Å². The molecular formula is C16H22N4S2. The monoisotopic (exact) mass is 334 g/mol. The summed E-state index contributed by atoms with van der Waals surface area (Å²) >= 11 is 3.52. The Balaban J connectivity index is 1.80. The van der Waals surface area contributed by atoms with E-state index in [1.807, 2.05) is 0 Å². The summed E-state index contributed by atoms with van der Waals surface area (Å²) in [7, 11) is 0. The summed E-state index contributed by atoms with van der Waals surface area (Å²) < 4.78 is 1.25. The zero-order valence-electron chi connectivity index (χ0n) is 13.4. The Bertz CT molecular complexity index is 691. The van der Waals surface area contributed by atoms with Crippen molar-refractivity contribution in [2.24, 2.45) is 4.99 Å². The number of nitrogens with one attached hydrogen (secondary N) is 2. The van der Waals surface area contributed by atoms with E-state index in [0.29, 0.717) is 12.0 Å². The van der Waals surface area contributed by atoms with Crippen molar-refractivity contribution < 1.29 is 0 Å². The van der Waals surface area contributed by atoms with E-state index < -0.39 is 0 Å². The van der Waals surface area contributed by atoms with Crippen molar-refractivity contribution in [1.29, 1.82) is 0 Å². The standard InChI is InChI=1S/C16H22N4S2/c1-9(2)11-5-6-12-13(7-11)22-16(17-12)15-18-14(8-21-15)20-19-10(3)4/h5-7,9-10,14,19-20H,8H2,1-4H3. The molecule has 1 atom stereocenters. The third-order valence-electron chi connectivity index (χ3n) is 3.45. The van der Waals surface area contributed by atoms with E-state index >= 15 is 0 Å². The number of aromatic nitrogens is 1. The number of rotatable bonds is 5. The summed E-state index contributed by atoms with van der Waals surface area (Å²) in [6, 6.07) is 6.97. The number of nitrogens with zero attached hydrogens (tertiary/aromatic N) is 2. The molecule has 1 aromatic heterocycles. The number of thiazole rings is 1. The summed E-state index contributed by atoms with van der Waals surface area (Å²) in [5, 5.41) is 2.09. The molecule has 4 nitrogen and oxygen atoms in total. The lowest BCUT2D eigenvalue weighted by molar-refractivity contribution is 0.426. The second kappa shape index (κ2) is 6.66. The average Bonchev–Trinajstić information content (AvgIpc) is 3.10. The van der Waals surface area contributed by atoms with Crippen molar-refractivity contribution in [1.82, 2.24) is 15.8 Å². The fourth-order valence-corrected chi connectivity index (χ4v) is 4.27. The molecule has 0 amide bonds. The molecule has 1 aliphatic heterocycles. The normalized spacial score (nSPS) is 18.6. The SMILES string of the molecule is CC(C)NNC1CSC(c2nc3ccc(C(C)C)cc3s2)=N1. The lowest BCUT2D eigenvalue weighted by Gasteiger charge is -2.12.